The molecule has 0 radical (unpaired) electrons. The summed E-state index contributed by atoms with van der Waals surface area (Å²) in [4.78, 5) is 27.0. The standard InChI is InChI=1S/C14H26N2O3/c1-11(2)16(10-13(17)18)12(3)14(19)15-8-6-4-5-7-9-15/h11-12H,4-10H2,1-3H3,(H,17,18). The summed E-state index contributed by atoms with van der Waals surface area (Å²) >= 11 is 0. The second kappa shape index (κ2) is 7.48. The lowest BCUT2D eigenvalue weighted by Crippen LogP contribution is -2.51. The summed E-state index contributed by atoms with van der Waals surface area (Å²) in [6, 6.07) is -0.323. The van der Waals surface area contributed by atoms with Gasteiger partial charge in [-0.2, -0.15) is 0 Å². The van der Waals surface area contributed by atoms with Gasteiger partial charge in [0.05, 0.1) is 12.6 Å². The summed E-state index contributed by atoms with van der Waals surface area (Å²) in [5.41, 5.74) is 0. The van der Waals surface area contributed by atoms with Crippen LogP contribution in [0.15, 0.2) is 0 Å². The Hall–Kier alpha value is -1.10. The zero-order valence-corrected chi connectivity index (χ0v) is 12.3. The van der Waals surface area contributed by atoms with Crippen LogP contribution in [-0.4, -0.2) is 58.5 Å². The summed E-state index contributed by atoms with van der Waals surface area (Å²) in [5, 5.41) is 8.95. The highest BCUT2D eigenvalue weighted by molar-refractivity contribution is 5.82. The lowest BCUT2D eigenvalue weighted by molar-refractivity contribution is -0.143. The highest BCUT2D eigenvalue weighted by atomic mass is 16.4. The Morgan fingerprint density at radius 3 is 2.05 bits per heavy atom. The molecule has 1 heterocycles. The number of likely N-dealkylation sites (tertiary alicyclic amines) is 1. The van der Waals surface area contributed by atoms with E-state index in [1.54, 1.807) is 4.90 Å². The number of amides is 1. The molecule has 1 atom stereocenters. The lowest BCUT2D eigenvalue weighted by Gasteiger charge is -2.33. The smallest absolute Gasteiger partial charge is 0.317 e. The molecule has 5 nitrogen and oxygen atoms in total. The normalized spacial score (nSPS) is 18.5. The fourth-order valence-electron chi connectivity index (χ4n) is 2.62. The molecule has 0 bridgehead atoms. The Morgan fingerprint density at radius 2 is 1.63 bits per heavy atom. The van der Waals surface area contributed by atoms with E-state index >= 15 is 0 Å². The molecule has 1 saturated heterocycles. The molecule has 19 heavy (non-hydrogen) atoms. The molecular weight excluding hydrogens is 244 g/mol. The van der Waals surface area contributed by atoms with E-state index < -0.39 is 5.97 Å². The molecule has 1 unspecified atom stereocenters. The van der Waals surface area contributed by atoms with Crippen molar-refractivity contribution < 1.29 is 14.7 Å². The lowest BCUT2D eigenvalue weighted by atomic mass is 10.2. The van der Waals surface area contributed by atoms with E-state index in [9.17, 15) is 9.59 Å². The van der Waals surface area contributed by atoms with Gasteiger partial charge in [0.2, 0.25) is 5.91 Å². The average Bonchev–Trinajstić information content (AvgIpc) is 2.62. The molecule has 0 aliphatic carbocycles. The van der Waals surface area contributed by atoms with Gasteiger partial charge >= 0.3 is 5.97 Å². The number of carbonyl (C=O) groups excluding carboxylic acids is 1. The minimum absolute atomic E-state index is 0.0435. The monoisotopic (exact) mass is 270 g/mol. The molecule has 5 heteroatoms. The quantitative estimate of drug-likeness (QED) is 0.824. The molecular formula is C14H26N2O3. The molecule has 1 aliphatic rings. The van der Waals surface area contributed by atoms with Crippen LogP contribution in [0.3, 0.4) is 0 Å². The van der Waals surface area contributed by atoms with Gasteiger partial charge in [-0.1, -0.05) is 12.8 Å². The van der Waals surface area contributed by atoms with E-state index in [1.165, 1.54) is 12.8 Å². The number of carboxylic acids is 1. The van der Waals surface area contributed by atoms with E-state index in [1.807, 2.05) is 25.7 Å². The molecule has 1 amide bonds. The fourth-order valence-corrected chi connectivity index (χ4v) is 2.62. The van der Waals surface area contributed by atoms with E-state index in [-0.39, 0.29) is 24.5 Å². The van der Waals surface area contributed by atoms with Crippen LogP contribution < -0.4 is 0 Å². The highest BCUT2D eigenvalue weighted by Gasteiger charge is 2.29. The molecule has 0 aromatic rings. The number of carbonyl (C=O) groups is 2. The van der Waals surface area contributed by atoms with Crippen LogP contribution in [0.2, 0.25) is 0 Å². The molecule has 0 aromatic heterocycles. The second-order valence-electron chi connectivity index (χ2n) is 5.58. The van der Waals surface area contributed by atoms with Crippen molar-refractivity contribution in [2.45, 2.75) is 58.5 Å². The van der Waals surface area contributed by atoms with E-state index in [4.69, 9.17) is 5.11 Å². The largest absolute Gasteiger partial charge is 0.480 e. The SMILES string of the molecule is CC(C)N(CC(=O)O)C(C)C(=O)N1CCCCCC1. The van der Waals surface area contributed by atoms with Gasteiger partial charge in [-0.25, -0.2) is 0 Å². The molecule has 1 rings (SSSR count). The Morgan fingerprint density at radius 1 is 1.11 bits per heavy atom. The summed E-state index contributed by atoms with van der Waals surface area (Å²) in [6.07, 6.45) is 4.47. The predicted molar refractivity (Wildman–Crippen MR) is 74.0 cm³/mol. The third-order valence-corrected chi connectivity index (χ3v) is 3.75. The zero-order chi connectivity index (χ0) is 14.4. The van der Waals surface area contributed by atoms with E-state index in [0.717, 1.165) is 25.9 Å². The van der Waals surface area contributed by atoms with Crippen molar-refractivity contribution in [3.05, 3.63) is 0 Å². The van der Waals surface area contributed by atoms with E-state index in [0.29, 0.717) is 0 Å². The second-order valence-corrected chi connectivity index (χ2v) is 5.58. The van der Waals surface area contributed by atoms with Crippen molar-refractivity contribution in [3.63, 3.8) is 0 Å². The highest BCUT2D eigenvalue weighted by Crippen LogP contribution is 2.14. The third kappa shape index (κ3) is 4.82. The maximum absolute atomic E-state index is 12.5. The molecule has 1 N–H and O–H groups in total. The van der Waals surface area contributed by atoms with Gasteiger partial charge in [0.25, 0.3) is 0 Å². The average molecular weight is 270 g/mol. The van der Waals surface area contributed by atoms with Gasteiger partial charge in [-0.3, -0.25) is 14.5 Å². The van der Waals surface area contributed by atoms with Gasteiger partial charge < -0.3 is 10.0 Å². The fraction of sp³-hybridized carbons (Fsp3) is 0.857. The third-order valence-electron chi connectivity index (χ3n) is 3.75. The van der Waals surface area contributed by atoms with Crippen LogP contribution in [0.25, 0.3) is 0 Å². The van der Waals surface area contributed by atoms with Crippen molar-refractivity contribution in [1.82, 2.24) is 9.80 Å². The van der Waals surface area contributed by atoms with Crippen LogP contribution in [0.4, 0.5) is 0 Å². The zero-order valence-electron chi connectivity index (χ0n) is 12.3. The van der Waals surface area contributed by atoms with E-state index in [2.05, 4.69) is 0 Å². The van der Waals surface area contributed by atoms with Crippen LogP contribution in [0, 0.1) is 0 Å². The molecule has 1 aliphatic heterocycles. The minimum Gasteiger partial charge on any atom is -0.480 e. The van der Waals surface area contributed by atoms with Gasteiger partial charge in [-0.05, 0) is 33.6 Å². The molecule has 0 saturated carbocycles. The minimum atomic E-state index is -0.885. The Balaban J connectivity index is 2.68. The first-order chi connectivity index (χ1) is 8.93. The first kappa shape index (κ1) is 16.0. The van der Waals surface area contributed by atoms with Crippen LogP contribution in [0.5, 0.6) is 0 Å². The van der Waals surface area contributed by atoms with Crippen molar-refractivity contribution in [2.24, 2.45) is 0 Å². The Labute approximate surface area is 115 Å². The van der Waals surface area contributed by atoms with Crippen LogP contribution in [0.1, 0.15) is 46.5 Å². The van der Waals surface area contributed by atoms with Crippen LogP contribution in [-0.2, 0) is 9.59 Å². The first-order valence-corrected chi connectivity index (χ1v) is 7.19. The summed E-state index contributed by atoms with van der Waals surface area (Å²) in [6.45, 7) is 7.20. The Kier molecular flexibility index (Phi) is 6.28. The summed E-state index contributed by atoms with van der Waals surface area (Å²) in [5.74, 6) is -0.818. The van der Waals surface area contributed by atoms with Gasteiger partial charge in [-0.15, -0.1) is 0 Å². The van der Waals surface area contributed by atoms with Crippen molar-refractivity contribution in [2.75, 3.05) is 19.6 Å². The topological polar surface area (TPSA) is 60.9 Å². The maximum Gasteiger partial charge on any atom is 0.317 e. The maximum atomic E-state index is 12.5. The van der Waals surface area contributed by atoms with Crippen molar-refractivity contribution in [1.29, 1.82) is 0 Å². The predicted octanol–water partition coefficient (Wildman–Crippen LogP) is 1.57. The van der Waals surface area contributed by atoms with Crippen LogP contribution >= 0.6 is 0 Å². The Bertz CT molecular complexity index is 310. The number of hydrogen-bond acceptors (Lipinski definition) is 3. The first-order valence-electron chi connectivity index (χ1n) is 7.19. The van der Waals surface area contributed by atoms with Gasteiger partial charge in [0, 0.05) is 19.1 Å². The molecule has 0 spiro atoms. The van der Waals surface area contributed by atoms with Gasteiger partial charge in [0.15, 0.2) is 0 Å². The summed E-state index contributed by atoms with van der Waals surface area (Å²) in [7, 11) is 0. The molecule has 1 fully saturated rings. The molecule has 0 aromatic carbocycles. The number of hydrogen-bond donors (Lipinski definition) is 1. The number of carboxylic acid groups (broad SMARTS) is 1. The summed E-state index contributed by atoms with van der Waals surface area (Å²) < 4.78 is 0. The molecule has 110 valence electrons. The number of rotatable bonds is 5. The van der Waals surface area contributed by atoms with Gasteiger partial charge in [0.1, 0.15) is 0 Å². The number of nitrogens with zero attached hydrogens (tertiary/aromatic N) is 2. The number of aliphatic carboxylic acids is 1. The van der Waals surface area contributed by atoms with Crippen molar-refractivity contribution >= 4 is 11.9 Å². The van der Waals surface area contributed by atoms with Crippen molar-refractivity contribution in [3.8, 4) is 0 Å².